The molecule has 0 bridgehead atoms. The lowest BCUT2D eigenvalue weighted by Crippen LogP contribution is -2.56. The number of hydrogen-bond donors (Lipinski definition) is 3. The maximum atomic E-state index is 13.1. The van der Waals surface area contributed by atoms with Crippen molar-refractivity contribution in [1.82, 2.24) is 15.2 Å². The minimum atomic E-state index is -0.546. The monoisotopic (exact) mass is 389 g/mol. The molecule has 0 radical (unpaired) electrons. The van der Waals surface area contributed by atoms with Crippen LogP contribution in [-0.2, 0) is 11.3 Å². The number of nitrogens with zero attached hydrogens (tertiary/aromatic N) is 1. The number of hydrogen-bond acceptors (Lipinski definition) is 3. The first kappa shape index (κ1) is 18.4. The lowest BCUT2D eigenvalue weighted by Gasteiger charge is -2.46. The second-order valence-electron chi connectivity index (χ2n) is 8.55. The molecule has 1 spiro atoms. The van der Waals surface area contributed by atoms with Gasteiger partial charge in [-0.25, -0.2) is 0 Å². The normalized spacial score (nSPS) is 24.7. The first-order valence-electron chi connectivity index (χ1n) is 10.5. The van der Waals surface area contributed by atoms with E-state index in [0.29, 0.717) is 6.42 Å². The average Bonchev–Trinajstić information content (AvgIpc) is 3.16. The van der Waals surface area contributed by atoms with Crippen LogP contribution in [0.2, 0.25) is 0 Å². The zero-order valence-electron chi connectivity index (χ0n) is 16.5. The number of benzene rings is 2. The molecule has 0 saturated carbocycles. The Morgan fingerprint density at radius 2 is 1.76 bits per heavy atom. The molecule has 2 fully saturated rings. The molecule has 2 saturated heterocycles. The van der Waals surface area contributed by atoms with E-state index in [1.54, 1.807) is 0 Å². The Morgan fingerprint density at radius 1 is 1.03 bits per heavy atom. The molecule has 5 nitrogen and oxygen atoms in total. The Kier molecular flexibility index (Phi) is 4.64. The third-order valence-electron chi connectivity index (χ3n) is 6.79. The highest BCUT2D eigenvalue weighted by atomic mass is 16.3. The highest BCUT2D eigenvalue weighted by Crippen LogP contribution is 2.43. The molecule has 2 aliphatic heterocycles. The number of H-pyrrole nitrogens is 1. The molecule has 5 heteroatoms. The largest absolute Gasteiger partial charge is 0.391 e. The van der Waals surface area contributed by atoms with Crippen LogP contribution in [0.25, 0.3) is 10.9 Å². The molecule has 0 unspecified atom stereocenters. The number of piperidine rings is 2. The summed E-state index contributed by atoms with van der Waals surface area (Å²) in [6.07, 6.45) is 3.67. The number of rotatable bonds is 3. The van der Waals surface area contributed by atoms with Crippen molar-refractivity contribution in [3.63, 3.8) is 0 Å². The predicted octanol–water partition coefficient (Wildman–Crippen LogP) is 3.37. The van der Waals surface area contributed by atoms with Crippen molar-refractivity contribution in [3.05, 3.63) is 71.9 Å². The van der Waals surface area contributed by atoms with Gasteiger partial charge in [0, 0.05) is 23.6 Å². The summed E-state index contributed by atoms with van der Waals surface area (Å²) >= 11 is 0. The second-order valence-corrected chi connectivity index (χ2v) is 8.55. The van der Waals surface area contributed by atoms with Crippen LogP contribution in [0.5, 0.6) is 0 Å². The van der Waals surface area contributed by atoms with Crippen LogP contribution in [0.1, 0.15) is 36.4 Å². The van der Waals surface area contributed by atoms with Crippen molar-refractivity contribution in [2.75, 3.05) is 13.1 Å². The molecule has 1 aromatic heterocycles. The van der Waals surface area contributed by atoms with Gasteiger partial charge in [-0.2, -0.15) is 0 Å². The topological polar surface area (TPSA) is 68.4 Å². The summed E-state index contributed by atoms with van der Waals surface area (Å²) in [5, 5.41) is 15.2. The van der Waals surface area contributed by atoms with Gasteiger partial charge in [0.15, 0.2) is 0 Å². The zero-order chi connectivity index (χ0) is 19.8. The Morgan fingerprint density at radius 3 is 2.55 bits per heavy atom. The zero-order valence-corrected chi connectivity index (χ0v) is 16.5. The van der Waals surface area contributed by atoms with Crippen LogP contribution in [0, 0.1) is 5.41 Å². The molecule has 29 heavy (non-hydrogen) atoms. The lowest BCUT2D eigenvalue weighted by atomic mass is 9.69. The third-order valence-corrected chi connectivity index (χ3v) is 6.79. The fourth-order valence-corrected chi connectivity index (χ4v) is 5.04. The molecule has 1 amide bonds. The van der Waals surface area contributed by atoms with Gasteiger partial charge in [0.25, 0.3) is 0 Å². The number of nitrogens with one attached hydrogen (secondary N) is 2. The van der Waals surface area contributed by atoms with E-state index in [4.69, 9.17) is 0 Å². The first-order valence-corrected chi connectivity index (χ1v) is 10.5. The number of likely N-dealkylation sites (tertiary alicyclic amines) is 1. The Labute approximate surface area is 170 Å². The van der Waals surface area contributed by atoms with Gasteiger partial charge in [0.05, 0.1) is 17.6 Å². The molecular formula is C24H27N3O2. The molecule has 3 heterocycles. The molecule has 150 valence electrons. The number of carbonyl (C=O) groups excluding carboxylic acids is 1. The van der Waals surface area contributed by atoms with Gasteiger partial charge in [-0.1, -0.05) is 48.5 Å². The molecule has 2 atom stereocenters. The molecule has 5 rings (SSSR count). The molecule has 2 aliphatic rings. The van der Waals surface area contributed by atoms with Crippen LogP contribution in [0.15, 0.2) is 60.8 Å². The average molecular weight is 389 g/mol. The van der Waals surface area contributed by atoms with E-state index in [0.717, 1.165) is 43.6 Å². The van der Waals surface area contributed by atoms with Crippen LogP contribution in [-0.4, -0.2) is 40.1 Å². The van der Waals surface area contributed by atoms with E-state index in [2.05, 4.69) is 39.6 Å². The summed E-state index contributed by atoms with van der Waals surface area (Å²) in [6.45, 7) is 2.63. The van der Waals surface area contributed by atoms with Gasteiger partial charge in [0.2, 0.25) is 5.91 Å². The minimum absolute atomic E-state index is 0.100. The summed E-state index contributed by atoms with van der Waals surface area (Å²) in [4.78, 5) is 18.8. The van der Waals surface area contributed by atoms with Crippen LogP contribution < -0.4 is 5.32 Å². The third kappa shape index (κ3) is 3.34. The van der Waals surface area contributed by atoms with E-state index in [-0.39, 0.29) is 11.9 Å². The van der Waals surface area contributed by atoms with Crippen LogP contribution in [0.3, 0.4) is 0 Å². The molecular weight excluding hydrogens is 362 g/mol. The summed E-state index contributed by atoms with van der Waals surface area (Å²) in [6, 6.07) is 17.8. The lowest BCUT2D eigenvalue weighted by molar-refractivity contribution is -0.144. The Bertz CT molecular complexity index is 1010. The standard InChI is InChI=1S/C24H27N3O2/c28-21-14-24(23(29)26-22(21)17-6-2-1-3-7-17)10-12-27(13-11-24)16-18-15-25-20-9-5-4-8-19(18)20/h1-9,15,21-22,25,28H,10-14,16H2,(H,26,29)/t21-,22+/m1/s1. The number of aromatic nitrogens is 1. The van der Waals surface area contributed by atoms with E-state index >= 15 is 0 Å². The Hall–Kier alpha value is -2.63. The smallest absolute Gasteiger partial charge is 0.226 e. The quantitative estimate of drug-likeness (QED) is 0.643. The molecule has 0 aliphatic carbocycles. The van der Waals surface area contributed by atoms with E-state index in [9.17, 15) is 9.90 Å². The van der Waals surface area contributed by atoms with E-state index in [1.165, 1.54) is 10.9 Å². The van der Waals surface area contributed by atoms with Gasteiger partial charge in [-0.15, -0.1) is 0 Å². The summed E-state index contributed by atoms with van der Waals surface area (Å²) in [7, 11) is 0. The summed E-state index contributed by atoms with van der Waals surface area (Å²) < 4.78 is 0. The van der Waals surface area contributed by atoms with Crippen LogP contribution >= 0.6 is 0 Å². The SMILES string of the molecule is O=C1N[C@@H](c2ccccc2)[C@H](O)CC12CCN(Cc1c[nH]c3ccccc13)CC2. The maximum absolute atomic E-state index is 13.1. The maximum Gasteiger partial charge on any atom is 0.226 e. The van der Waals surface area contributed by atoms with Crippen molar-refractivity contribution in [2.45, 2.75) is 38.0 Å². The number of amides is 1. The van der Waals surface area contributed by atoms with Gasteiger partial charge >= 0.3 is 0 Å². The number of aliphatic hydroxyl groups excluding tert-OH is 1. The number of aromatic amines is 1. The van der Waals surface area contributed by atoms with Crippen molar-refractivity contribution in [2.24, 2.45) is 5.41 Å². The second kappa shape index (κ2) is 7.32. The van der Waals surface area contributed by atoms with Crippen LogP contribution in [0.4, 0.5) is 0 Å². The highest BCUT2D eigenvalue weighted by molar-refractivity contribution is 5.84. The minimum Gasteiger partial charge on any atom is -0.391 e. The fraction of sp³-hybridized carbons (Fsp3) is 0.375. The van der Waals surface area contributed by atoms with Crippen molar-refractivity contribution in [1.29, 1.82) is 0 Å². The van der Waals surface area contributed by atoms with Gasteiger partial charge < -0.3 is 15.4 Å². The fourth-order valence-electron chi connectivity index (χ4n) is 5.04. The number of aliphatic hydroxyl groups is 1. The Balaban J connectivity index is 1.26. The van der Waals surface area contributed by atoms with Crippen molar-refractivity contribution in [3.8, 4) is 0 Å². The molecule has 3 N–H and O–H groups in total. The van der Waals surface area contributed by atoms with E-state index < -0.39 is 11.5 Å². The summed E-state index contributed by atoms with van der Waals surface area (Å²) in [5.41, 5.74) is 2.99. The molecule has 2 aromatic carbocycles. The number of para-hydroxylation sites is 1. The van der Waals surface area contributed by atoms with E-state index in [1.807, 2.05) is 36.4 Å². The van der Waals surface area contributed by atoms with Crippen molar-refractivity contribution >= 4 is 16.8 Å². The van der Waals surface area contributed by atoms with Gasteiger partial charge in [-0.05, 0) is 49.5 Å². The van der Waals surface area contributed by atoms with Crippen molar-refractivity contribution < 1.29 is 9.90 Å². The number of carbonyl (C=O) groups is 1. The predicted molar refractivity (Wildman–Crippen MR) is 113 cm³/mol. The highest BCUT2D eigenvalue weighted by Gasteiger charge is 2.48. The summed E-state index contributed by atoms with van der Waals surface area (Å²) in [5.74, 6) is 0.100. The number of fused-ring (bicyclic) bond motifs is 1. The van der Waals surface area contributed by atoms with Gasteiger partial charge in [-0.3, -0.25) is 9.69 Å². The molecule has 3 aromatic rings. The van der Waals surface area contributed by atoms with Gasteiger partial charge in [0.1, 0.15) is 0 Å². The first-order chi connectivity index (χ1) is 14.1.